The normalized spacial score (nSPS) is 42.1. The third kappa shape index (κ3) is 4.68. The van der Waals surface area contributed by atoms with E-state index >= 15 is 0 Å². The van der Waals surface area contributed by atoms with E-state index in [9.17, 15) is 9.90 Å². The Hall–Kier alpha value is -1.57. The maximum absolute atomic E-state index is 13.4. The van der Waals surface area contributed by atoms with Crippen molar-refractivity contribution in [2.24, 2.45) is 28.1 Å². The fourth-order valence-corrected chi connectivity index (χ4v) is 9.72. The van der Waals surface area contributed by atoms with E-state index in [-0.39, 0.29) is 28.5 Å². The van der Waals surface area contributed by atoms with Crippen LogP contribution in [0.15, 0.2) is 35.4 Å². The molecule has 0 bridgehead atoms. The molecule has 1 aromatic carbocycles. The molecule has 0 aromatic heterocycles. The first-order valence-corrected chi connectivity index (χ1v) is 16.0. The number of fused-ring (bicyclic) bond motifs is 4. The molecule has 1 unspecified atom stereocenters. The molecular weight excluding hydrogens is 516 g/mol. The Bertz CT molecular complexity index is 1240. The summed E-state index contributed by atoms with van der Waals surface area (Å²) < 4.78 is 12.1. The number of ether oxygens (including phenoxy) is 2. The van der Waals surface area contributed by atoms with Gasteiger partial charge in [0.05, 0.1) is 25.4 Å². The molecule has 0 radical (unpaired) electrons. The molecule has 6 nitrogen and oxygen atoms in total. The van der Waals surface area contributed by atoms with Gasteiger partial charge in [-0.2, -0.15) is 0 Å². The van der Waals surface area contributed by atoms with Crippen molar-refractivity contribution in [3.8, 4) is 0 Å². The van der Waals surface area contributed by atoms with Crippen LogP contribution in [0.25, 0.3) is 0 Å². The highest BCUT2D eigenvalue weighted by Gasteiger charge is 2.61. The van der Waals surface area contributed by atoms with Crippen molar-refractivity contribution in [3.63, 3.8) is 0 Å². The molecule has 2 heterocycles. The quantitative estimate of drug-likeness (QED) is 0.309. The summed E-state index contributed by atoms with van der Waals surface area (Å²) in [5.41, 5.74) is 3.38. The van der Waals surface area contributed by atoms with Crippen molar-refractivity contribution in [1.82, 2.24) is 0 Å². The van der Waals surface area contributed by atoms with Crippen LogP contribution >= 0.6 is 0 Å². The molecule has 7 rings (SSSR count). The monoisotopic (exact) mass is 564 g/mol. The van der Waals surface area contributed by atoms with Gasteiger partial charge >= 0.3 is 0 Å². The van der Waals surface area contributed by atoms with Crippen LogP contribution in [-0.4, -0.2) is 41.9 Å². The van der Waals surface area contributed by atoms with Crippen LogP contribution in [0.4, 0.5) is 0 Å². The van der Waals surface area contributed by atoms with E-state index < -0.39 is 11.2 Å². The summed E-state index contributed by atoms with van der Waals surface area (Å²) in [7, 11) is 0. The Labute approximate surface area is 245 Å². The summed E-state index contributed by atoms with van der Waals surface area (Å²) in [6.07, 6.45) is 6.99. The molecule has 1 aromatic rings. The predicted octanol–water partition coefficient (Wildman–Crippen LogP) is 6.97. The number of carbonyl (C=O) groups excluding carboxylic acids is 1. The van der Waals surface area contributed by atoms with E-state index in [1.165, 1.54) is 16.7 Å². The number of carbonyl (C=O) groups is 1. The second-order valence-corrected chi connectivity index (χ2v) is 16.2. The Morgan fingerprint density at radius 1 is 0.829 bits per heavy atom. The summed E-state index contributed by atoms with van der Waals surface area (Å²) in [6.45, 7) is 12.9. The van der Waals surface area contributed by atoms with Crippen LogP contribution in [0.5, 0.6) is 0 Å². The molecule has 2 saturated heterocycles. The van der Waals surface area contributed by atoms with Crippen molar-refractivity contribution in [2.45, 2.75) is 116 Å². The lowest BCUT2D eigenvalue weighted by Crippen LogP contribution is -2.56. The first-order valence-electron chi connectivity index (χ1n) is 16.0. The van der Waals surface area contributed by atoms with Crippen LogP contribution in [-0.2, 0) is 24.0 Å². The number of ketones is 1. The van der Waals surface area contributed by atoms with Gasteiger partial charge in [0.15, 0.2) is 6.29 Å². The zero-order chi connectivity index (χ0) is 28.8. The van der Waals surface area contributed by atoms with Gasteiger partial charge in [-0.15, -0.1) is 0 Å². The highest BCUT2D eigenvalue weighted by Crippen LogP contribution is 2.65. The molecule has 6 heteroatoms. The number of allylic oxidation sites excluding steroid dienone is 1. The summed E-state index contributed by atoms with van der Waals surface area (Å²) >= 11 is 0. The number of rotatable bonds is 2. The maximum Gasteiger partial charge on any atom is 0.183 e. The van der Waals surface area contributed by atoms with Crippen molar-refractivity contribution in [2.75, 3.05) is 19.8 Å². The van der Waals surface area contributed by atoms with Crippen molar-refractivity contribution < 1.29 is 29.1 Å². The van der Waals surface area contributed by atoms with Crippen LogP contribution in [0.1, 0.15) is 116 Å². The van der Waals surface area contributed by atoms with Gasteiger partial charge < -0.3 is 14.6 Å². The van der Waals surface area contributed by atoms with Gasteiger partial charge in [0.2, 0.25) is 0 Å². The fraction of sp³-hybridized carbons (Fsp3) is 0.743. The second-order valence-electron chi connectivity index (χ2n) is 16.2. The maximum atomic E-state index is 13.4. The molecule has 5 fully saturated rings. The molecule has 3 saturated carbocycles. The molecule has 224 valence electrons. The lowest BCUT2D eigenvalue weighted by Gasteiger charge is -2.57. The predicted molar refractivity (Wildman–Crippen MR) is 155 cm³/mol. The second kappa shape index (κ2) is 9.46. The highest BCUT2D eigenvalue weighted by molar-refractivity contribution is 5.87. The van der Waals surface area contributed by atoms with E-state index in [0.29, 0.717) is 50.3 Å². The Kier molecular flexibility index (Phi) is 6.51. The number of hydrogen-bond acceptors (Lipinski definition) is 6. The summed E-state index contributed by atoms with van der Waals surface area (Å²) in [5, 5.41) is 12.4. The fourth-order valence-electron chi connectivity index (χ4n) is 9.72. The first kappa shape index (κ1) is 28.2. The summed E-state index contributed by atoms with van der Waals surface area (Å²) in [5.74, 6) is 1.27. The minimum atomic E-state index is -0.883. The average Bonchev–Trinajstić information content (AvgIpc) is 3.21. The van der Waals surface area contributed by atoms with E-state index in [1.54, 1.807) is 0 Å². The van der Waals surface area contributed by atoms with E-state index in [1.807, 2.05) is 0 Å². The van der Waals surface area contributed by atoms with Crippen LogP contribution < -0.4 is 0 Å². The van der Waals surface area contributed by atoms with Gasteiger partial charge in [0.25, 0.3) is 0 Å². The number of Topliss-reactive ketones (excluding diaryl/α,β-unsaturated/α-hetero) is 1. The minimum absolute atomic E-state index is 0.0269. The van der Waals surface area contributed by atoms with Gasteiger partial charge in [-0.25, -0.2) is 9.78 Å². The van der Waals surface area contributed by atoms with Crippen molar-refractivity contribution >= 4 is 5.78 Å². The van der Waals surface area contributed by atoms with Gasteiger partial charge in [0, 0.05) is 35.2 Å². The van der Waals surface area contributed by atoms with Gasteiger partial charge in [-0.1, -0.05) is 64.5 Å². The topological polar surface area (TPSA) is 74.2 Å². The summed E-state index contributed by atoms with van der Waals surface area (Å²) in [4.78, 5) is 25.1. The highest BCUT2D eigenvalue weighted by atomic mass is 17.2. The number of benzene rings is 1. The largest absolute Gasteiger partial charge is 0.385 e. The zero-order valence-corrected chi connectivity index (χ0v) is 25.6. The molecule has 0 amide bonds. The Morgan fingerprint density at radius 3 is 2.24 bits per heavy atom. The Balaban J connectivity index is 1.25. The molecule has 4 aliphatic carbocycles. The third-order valence-electron chi connectivity index (χ3n) is 11.6. The molecule has 41 heavy (non-hydrogen) atoms. The minimum Gasteiger partial charge on any atom is -0.385 e. The van der Waals surface area contributed by atoms with Crippen LogP contribution in [0, 0.1) is 28.1 Å². The molecule has 6 aliphatic rings. The van der Waals surface area contributed by atoms with Gasteiger partial charge in [0.1, 0.15) is 11.4 Å². The van der Waals surface area contributed by atoms with Gasteiger partial charge in [-0.3, -0.25) is 4.79 Å². The molecule has 6 atom stereocenters. The van der Waals surface area contributed by atoms with Crippen molar-refractivity contribution in [3.05, 3.63) is 46.5 Å². The third-order valence-corrected chi connectivity index (χ3v) is 11.6. The SMILES string of the molecule is CC1(C)COC(c2ccc([C@H]3C[C@]4(C)C(=O)CC[C@H]4[C@@H]4CC[C@@]5(O)CC6(CCC5=C43)CC(C)(C)COO6)cc2)OC1. The number of hydrogen-bond donors (Lipinski definition) is 1. The lowest BCUT2D eigenvalue weighted by atomic mass is 9.50. The van der Waals surface area contributed by atoms with Crippen LogP contribution in [0.3, 0.4) is 0 Å². The lowest BCUT2D eigenvalue weighted by molar-refractivity contribution is -0.414. The molecule has 1 spiro atoms. The molecule has 2 aliphatic heterocycles. The standard InChI is InChI=1S/C35H48O6/c1-31(2)17-34(41-40-21-31)14-13-27-29-24(12-15-35(27,37)18-34)26-10-11-28(36)33(26,5)16-25(29)22-6-8-23(9-7-22)30-38-19-32(3,4)20-39-30/h6-9,24-26,30,37H,10-21H2,1-5H3/t24-,25+,26-,33-,34?,35+/m0/s1. The molecule has 1 N–H and O–H groups in total. The Morgan fingerprint density at radius 2 is 1.54 bits per heavy atom. The van der Waals surface area contributed by atoms with E-state index in [2.05, 4.69) is 58.9 Å². The van der Waals surface area contributed by atoms with E-state index in [0.717, 1.165) is 50.5 Å². The smallest absolute Gasteiger partial charge is 0.183 e. The van der Waals surface area contributed by atoms with E-state index in [4.69, 9.17) is 19.2 Å². The summed E-state index contributed by atoms with van der Waals surface area (Å²) in [6, 6.07) is 8.73. The average molecular weight is 565 g/mol. The molecular formula is C35H48O6. The van der Waals surface area contributed by atoms with Gasteiger partial charge in [-0.05, 0) is 73.3 Å². The zero-order valence-electron chi connectivity index (χ0n) is 25.6. The first-order chi connectivity index (χ1) is 19.3. The number of aliphatic hydroxyl groups is 1. The van der Waals surface area contributed by atoms with Crippen molar-refractivity contribution in [1.29, 1.82) is 0 Å². The van der Waals surface area contributed by atoms with Crippen LogP contribution in [0.2, 0.25) is 0 Å².